The zero-order chi connectivity index (χ0) is 19.1. The van der Waals surface area contributed by atoms with Gasteiger partial charge in [0.25, 0.3) is 0 Å². The van der Waals surface area contributed by atoms with Gasteiger partial charge < -0.3 is 9.64 Å². The Labute approximate surface area is 160 Å². The molecule has 0 N–H and O–H groups in total. The molecule has 0 saturated carbocycles. The second-order valence-electron chi connectivity index (χ2n) is 6.81. The van der Waals surface area contributed by atoms with E-state index >= 15 is 0 Å². The predicted octanol–water partition coefficient (Wildman–Crippen LogP) is 3.80. The van der Waals surface area contributed by atoms with Crippen molar-refractivity contribution in [1.82, 2.24) is 4.90 Å². The Balaban J connectivity index is 1.62. The van der Waals surface area contributed by atoms with Crippen LogP contribution in [0.1, 0.15) is 31.2 Å². The van der Waals surface area contributed by atoms with Crippen LogP contribution in [0.15, 0.2) is 54.6 Å². The molecule has 0 bridgehead atoms. The highest BCUT2D eigenvalue weighted by molar-refractivity contribution is 7.90. The summed E-state index contributed by atoms with van der Waals surface area (Å²) < 4.78 is 31.0. The highest BCUT2D eigenvalue weighted by Gasteiger charge is 2.21. The first kappa shape index (κ1) is 19.4. The lowest BCUT2D eigenvalue weighted by molar-refractivity contribution is -0.131. The number of sulfone groups is 1. The van der Waals surface area contributed by atoms with Crippen molar-refractivity contribution in [2.75, 3.05) is 18.8 Å². The van der Waals surface area contributed by atoms with Crippen molar-refractivity contribution in [3.63, 3.8) is 0 Å². The van der Waals surface area contributed by atoms with Gasteiger partial charge in [0.2, 0.25) is 5.91 Å². The second-order valence-corrected chi connectivity index (χ2v) is 8.99. The second kappa shape index (κ2) is 9.04. The summed E-state index contributed by atoms with van der Waals surface area (Å²) in [5.41, 5.74) is 0.603. The molecule has 1 amide bonds. The van der Waals surface area contributed by atoms with Gasteiger partial charge in [-0.25, -0.2) is 8.42 Å². The molecule has 1 aliphatic rings. The molecule has 0 spiro atoms. The molecule has 0 unspecified atom stereocenters. The third kappa shape index (κ3) is 5.82. The number of piperidine rings is 1. The summed E-state index contributed by atoms with van der Waals surface area (Å²) >= 11 is 0. The maximum atomic E-state index is 12.6. The summed E-state index contributed by atoms with van der Waals surface area (Å²) in [5, 5.41) is 0. The van der Waals surface area contributed by atoms with E-state index in [1.54, 1.807) is 23.1 Å². The lowest BCUT2D eigenvalue weighted by Gasteiger charge is -2.26. The van der Waals surface area contributed by atoms with Gasteiger partial charge in [-0.3, -0.25) is 4.79 Å². The number of carbonyl (C=O) groups is 1. The lowest BCUT2D eigenvalue weighted by atomic mass is 10.1. The van der Waals surface area contributed by atoms with Crippen LogP contribution < -0.4 is 4.74 Å². The molecule has 5 nitrogen and oxygen atoms in total. The number of ether oxygens (including phenoxy) is 1. The van der Waals surface area contributed by atoms with Crippen LogP contribution in [0.4, 0.5) is 0 Å². The molecule has 1 saturated heterocycles. The van der Waals surface area contributed by atoms with Gasteiger partial charge in [0.1, 0.15) is 11.5 Å². The number of benzene rings is 2. The summed E-state index contributed by atoms with van der Waals surface area (Å²) in [6.07, 6.45) is 3.19. The van der Waals surface area contributed by atoms with Crippen molar-refractivity contribution in [1.29, 1.82) is 0 Å². The first-order valence-electron chi connectivity index (χ1n) is 9.32. The zero-order valence-corrected chi connectivity index (χ0v) is 16.2. The van der Waals surface area contributed by atoms with Gasteiger partial charge >= 0.3 is 0 Å². The Morgan fingerprint density at radius 2 is 1.59 bits per heavy atom. The van der Waals surface area contributed by atoms with Gasteiger partial charge in [-0.2, -0.15) is 0 Å². The van der Waals surface area contributed by atoms with Crippen LogP contribution in [0.2, 0.25) is 0 Å². The molecular weight excluding hydrogens is 362 g/mol. The first-order chi connectivity index (χ1) is 13.0. The molecule has 2 aromatic carbocycles. The van der Waals surface area contributed by atoms with E-state index in [1.165, 1.54) is 0 Å². The standard InChI is InChI=1S/C21H25NO4S/c23-21(22-14-7-2-8-15-22)13-16-27(24,25)17-18-9-5-6-12-20(18)26-19-10-3-1-4-11-19/h1,3-6,9-12H,2,7-8,13-17H2. The fourth-order valence-corrected chi connectivity index (χ4v) is 4.53. The molecule has 0 aromatic heterocycles. The van der Waals surface area contributed by atoms with Gasteiger partial charge in [-0.05, 0) is 37.5 Å². The van der Waals surface area contributed by atoms with E-state index in [0.717, 1.165) is 32.4 Å². The number of nitrogens with zero attached hydrogens (tertiary/aromatic N) is 1. The van der Waals surface area contributed by atoms with Crippen molar-refractivity contribution in [3.8, 4) is 11.5 Å². The van der Waals surface area contributed by atoms with Crippen molar-refractivity contribution in [2.45, 2.75) is 31.4 Å². The van der Waals surface area contributed by atoms with E-state index in [1.807, 2.05) is 36.4 Å². The van der Waals surface area contributed by atoms with Crippen molar-refractivity contribution in [3.05, 3.63) is 60.2 Å². The van der Waals surface area contributed by atoms with Crippen LogP contribution in [0.3, 0.4) is 0 Å². The average Bonchev–Trinajstić information content (AvgIpc) is 2.69. The van der Waals surface area contributed by atoms with Crippen molar-refractivity contribution >= 4 is 15.7 Å². The molecular formula is C21H25NO4S. The van der Waals surface area contributed by atoms with E-state index in [9.17, 15) is 13.2 Å². The Hall–Kier alpha value is -2.34. The number of likely N-dealkylation sites (tertiary alicyclic amines) is 1. The topological polar surface area (TPSA) is 63.7 Å². The largest absolute Gasteiger partial charge is 0.457 e. The zero-order valence-electron chi connectivity index (χ0n) is 15.3. The predicted molar refractivity (Wildman–Crippen MR) is 105 cm³/mol. The van der Waals surface area contributed by atoms with Gasteiger partial charge in [-0.1, -0.05) is 36.4 Å². The van der Waals surface area contributed by atoms with Gasteiger partial charge in [-0.15, -0.1) is 0 Å². The molecule has 144 valence electrons. The van der Waals surface area contributed by atoms with Crippen LogP contribution in [0.5, 0.6) is 11.5 Å². The van der Waals surface area contributed by atoms with Gasteiger partial charge in [0, 0.05) is 25.1 Å². The van der Waals surface area contributed by atoms with Crippen LogP contribution in [0.25, 0.3) is 0 Å². The van der Waals surface area contributed by atoms with Crippen molar-refractivity contribution < 1.29 is 17.9 Å². The molecule has 1 aliphatic heterocycles. The number of para-hydroxylation sites is 2. The van der Waals surface area contributed by atoms with E-state index in [-0.39, 0.29) is 23.8 Å². The summed E-state index contributed by atoms with van der Waals surface area (Å²) in [5.74, 6) is 0.843. The van der Waals surface area contributed by atoms with Gasteiger partial charge in [0.05, 0.1) is 11.5 Å². The molecule has 0 atom stereocenters. The normalized spacial score (nSPS) is 14.7. The molecule has 1 fully saturated rings. The third-order valence-electron chi connectivity index (χ3n) is 4.65. The lowest BCUT2D eigenvalue weighted by Crippen LogP contribution is -2.36. The highest BCUT2D eigenvalue weighted by atomic mass is 32.2. The maximum Gasteiger partial charge on any atom is 0.223 e. The molecule has 0 radical (unpaired) electrons. The monoisotopic (exact) mass is 387 g/mol. The van der Waals surface area contributed by atoms with E-state index < -0.39 is 9.84 Å². The fraction of sp³-hybridized carbons (Fsp3) is 0.381. The Morgan fingerprint density at radius 1 is 0.926 bits per heavy atom. The quantitative estimate of drug-likeness (QED) is 0.725. The number of hydrogen-bond acceptors (Lipinski definition) is 4. The minimum absolute atomic E-state index is 0.0457. The molecule has 6 heteroatoms. The molecule has 27 heavy (non-hydrogen) atoms. The van der Waals surface area contributed by atoms with Crippen LogP contribution >= 0.6 is 0 Å². The fourth-order valence-electron chi connectivity index (χ4n) is 3.19. The molecule has 0 aliphatic carbocycles. The first-order valence-corrected chi connectivity index (χ1v) is 11.1. The Kier molecular flexibility index (Phi) is 6.50. The average molecular weight is 388 g/mol. The molecule has 3 rings (SSSR count). The Bertz CT molecular complexity index is 859. The number of rotatable bonds is 7. The maximum absolute atomic E-state index is 12.6. The van der Waals surface area contributed by atoms with Crippen LogP contribution in [-0.2, 0) is 20.4 Å². The van der Waals surface area contributed by atoms with E-state index in [4.69, 9.17) is 4.74 Å². The van der Waals surface area contributed by atoms with Crippen LogP contribution in [-0.4, -0.2) is 38.1 Å². The van der Waals surface area contributed by atoms with Gasteiger partial charge in [0.15, 0.2) is 9.84 Å². The summed E-state index contributed by atoms with van der Waals surface area (Å²) in [6.45, 7) is 1.49. The summed E-state index contributed by atoms with van der Waals surface area (Å²) in [7, 11) is -3.41. The summed E-state index contributed by atoms with van der Waals surface area (Å²) in [4.78, 5) is 14.0. The minimum atomic E-state index is -3.41. The third-order valence-corrected chi connectivity index (χ3v) is 6.23. The minimum Gasteiger partial charge on any atom is -0.457 e. The SMILES string of the molecule is O=C(CCS(=O)(=O)Cc1ccccc1Oc1ccccc1)N1CCCCC1. The molecule has 1 heterocycles. The molecule has 2 aromatic rings. The van der Waals surface area contributed by atoms with Crippen LogP contribution in [0, 0.1) is 0 Å². The number of carbonyl (C=O) groups excluding carboxylic acids is 1. The summed E-state index contributed by atoms with van der Waals surface area (Å²) in [6, 6.07) is 16.4. The van der Waals surface area contributed by atoms with E-state index in [2.05, 4.69) is 0 Å². The smallest absolute Gasteiger partial charge is 0.223 e. The highest BCUT2D eigenvalue weighted by Crippen LogP contribution is 2.26. The van der Waals surface area contributed by atoms with Crippen molar-refractivity contribution in [2.24, 2.45) is 0 Å². The Morgan fingerprint density at radius 3 is 2.33 bits per heavy atom. The number of hydrogen-bond donors (Lipinski definition) is 0. The van der Waals surface area contributed by atoms with E-state index in [0.29, 0.717) is 17.1 Å². The number of amides is 1.